The molecule has 0 unspecified atom stereocenters. The number of para-hydroxylation sites is 1. The summed E-state index contributed by atoms with van der Waals surface area (Å²) in [5.41, 5.74) is 2.07. The molecule has 0 fully saturated rings. The predicted molar refractivity (Wildman–Crippen MR) is 110 cm³/mol. The van der Waals surface area contributed by atoms with Gasteiger partial charge in [0, 0.05) is 29.6 Å². The highest BCUT2D eigenvalue weighted by molar-refractivity contribution is 6.08. The van der Waals surface area contributed by atoms with E-state index in [2.05, 4.69) is 10.4 Å². The van der Waals surface area contributed by atoms with Gasteiger partial charge in [-0.25, -0.2) is 9.07 Å². The first-order chi connectivity index (χ1) is 14.5. The number of non-ortho nitro benzene ring substituents is 1. The summed E-state index contributed by atoms with van der Waals surface area (Å²) < 4.78 is 14.9. The van der Waals surface area contributed by atoms with Crippen molar-refractivity contribution in [3.63, 3.8) is 0 Å². The van der Waals surface area contributed by atoms with Gasteiger partial charge in [0.2, 0.25) is 0 Å². The van der Waals surface area contributed by atoms with E-state index in [0.717, 1.165) is 5.69 Å². The second kappa shape index (κ2) is 7.96. The first kappa shape index (κ1) is 19.0. The fraction of sp³-hybridized carbons (Fsp3) is 0. The summed E-state index contributed by atoms with van der Waals surface area (Å²) in [6.45, 7) is 0. The monoisotopic (exact) mass is 402 g/mol. The van der Waals surface area contributed by atoms with Gasteiger partial charge < -0.3 is 5.32 Å². The van der Waals surface area contributed by atoms with Crippen LogP contribution < -0.4 is 5.32 Å². The fourth-order valence-corrected chi connectivity index (χ4v) is 2.97. The van der Waals surface area contributed by atoms with Gasteiger partial charge in [-0.15, -0.1) is 0 Å². The second-order valence-corrected chi connectivity index (χ2v) is 6.44. The highest BCUT2D eigenvalue weighted by atomic mass is 19.1. The Morgan fingerprint density at radius 2 is 1.73 bits per heavy atom. The Bertz CT molecular complexity index is 1220. The molecule has 1 aromatic heterocycles. The Balaban J connectivity index is 1.74. The minimum absolute atomic E-state index is 0.133. The molecule has 30 heavy (non-hydrogen) atoms. The molecule has 0 radical (unpaired) electrons. The van der Waals surface area contributed by atoms with E-state index in [1.165, 1.54) is 42.5 Å². The Kier molecular flexibility index (Phi) is 5.04. The van der Waals surface area contributed by atoms with Crippen molar-refractivity contribution < 1.29 is 14.1 Å². The number of rotatable bonds is 5. The highest BCUT2D eigenvalue weighted by Crippen LogP contribution is 2.26. The molecule has 4 rings (SSSR count). The molecule has 0 saturated carbocycles. The minimum Gasteiger partial charge on any atom is -0.322 e. The lowest BCUT2D eigenvalue weighted by molar-refractivity contribution is -0.384. The van der Waals surface area contributed by atoms with Crippen LogP contribution in [0.25, 0.3) is 16.9 Å². The topological polar surface area (TPSA) is 90.1 Å². The van der Waals surface area contributed by atoms with E-state index in [0.29, 0.717) is 11.3 Å². The van der Waals surface area contributed by atoms with Crippen LogP contribution in [-0.2, 0) is 0 Å². The summed E-state index contributed by atoms with van der Waals surface area (Å²) in [5, 5.41) is 18.2. The molecule has 8 heteroatoms. The van der Waals surface area contributed by atoms with E-state index in [-0.39, 0.29) is 16.9 Å². The number of nitro groups is 1. The van der Waals surface area contributed by atoms with Crippen molar-refractivity contribution in [1.29, 1.82) is 0 Å². The maximum atomic E-state index is 13.4. The summed E-state index contributed by atoms with van der Waals surface area (Å²) in [4.78, 5) is 23.4. The zero-order chi connectivity index (χ0) is 21.1. The van der Waals surface area contributed by atoms with Crippen molar-refractivity contribution >= 4 is 17.3 Å². The summed E-state index contributed by atoms with van der Waals surface area (Å²) in [7, 11) is 0. The van der Waals surface area contributed by atoms with Gasteiger partial charge in [-0.1, -0.05) is 24.3 Å². The number of anilines is 1. The van der Waals surface area contributed by atoms with Crippen molar-refractivity contribution in [2.24, 2.45) is 0 Å². The maximum absolute atomic E-state index is 13.4. The molecule has 1 amide bonds. The van der Waals surface area contributed by atoms with E-state index < -0.39 is 16.6 Å². The molecule has 1 N–H and O–H groups in total. The number of nitrogens with zero attached hydrogens (tertiary/aromatic N) is 3. The molecule has 0 aliphatic rings. The third-order valence-electron chi connectivity index (χ3n) is 4.41. The van der Waals surface area contributed by atoms with Crippen LogP contribution in [-0.4, -0.2) is 20.6 Å². The first-order valence-electron chi connectivity index (χ1n) is 8.98. The molecular weight excluding hydrogens is 387 g/mol. The lowest BCUT2D eigenvalue weighted by Crippen LogP contribution is -2.12. The van der Waals surface area contributed by atoms with Gasteiger partial charge >= 0.3 is 0 Å². The van der Waals surface area contributed by atoms with Gasteiger partial charge in [0.25, 0.3) is 11.6 Å². The number of nitrogens with one attached hydrogen (secondary N) is 1. The normalized spacial score (nSPS) is 10.6. The van der Waals surface area contributed by atoms with Crippen molar-refractivity contribution in [3.8, 4) is 16.9 Å². The molecule has 0 aliphatic heterocycles. The number of carbonyl (C=O) groups is 1. The van der Waals surface area contributed by atoms with Gasteiger partial charge in [0.05, 0.1) is 16.2 Å². The zero-order valence-corrected chi connectivity index (χ0v) is 15.5. The van der Waals surface area contributed by atoms with Crippen LogP contribution in [0.5, 0.6) is 0 Å². The second-order valence-electron chi connectivity index (χ2n) is 6.44. The van der Waals surface area contributed by atoms with Crippen molar-refractivity contribution in [2.75, 3.05) is 5.32 Å². The molecule has 148 valence electrons. The molecule has 4 aromatic rings. The molecule has 0 aliphatic carbocycles. The molecular formula is C22H15FN4O3. The molecule has 0 bridgehead atoms. The number of hydrogen-bond acceptors (Lipinski definition) is 4. The SMILES string of the molecule is O=C(Nc1cccc([N+](=O)[O-])c1)c1cn(-c2ccccc2)nc1-c1ccc(F)cc1. The number of carbonyl (C=O) groups excluding carboxylic acids is 1. The zero-order valence-electron chi connectivity index (χ0n) is 15.5. The van der Waals surface area contributed by atoms with Crippen LogP contribution in [0.1, 0.15) is 10.4 Å². The Labute approximate surface area is 170 Å². The number of benzene rings is 3. The molecule has 0 spiro atoms. The van der Waals surface area contributed by atoms with Crippen molar-refractivity contribution in [2.45, 2.75) is 0 Å². The fourth-order valence-electron chi connectivity index (χ4n) is 2.97. The van der Waals surface area contributed by atoms with E-state index in [1.54, 1.807) is 16.9 Å². The van der Waals surface area contributed by atoms with Crippen molar-refractivity contribution in [3.05, 3.63) is 107 Å². The molecule has 0 atom stereocenters. The van der Waals surface area contributed by atoms with Gasteiger partial charge in [-0.2, -0.15) is 5.10 Å². The maximum Gasteiger partial charge on any atom is 0.271 e. The van der Waals surface area contributed by atoms with Gasteiger partial charge in [0.15, 0.2) is 0 Å². The average molecular weight is 402 g/mol. The van der Waals surface area contributed by atoms with E-state index >= 15 is 0 Å². The number of amides is 1. The summed E-state index contributed by atoms with van der Waals surface area (Å²) in [5.74, 6) is -0.888. The van der Waals surface area contributed by atoms with E-state index in [4.69, 9.17) is 0 Å². The first-order valence-corrected chi connectivity index (χ1v) is 8.98. The third-order valence-corrected chi connectivity index (χ3v) is 4.41. The van der Waals surface area contributed by atoms with Crippen molar-refractivity contribution in [1.82, 2.24) is 9.78 Å². The van der Waals surface area contributed by atoms with E-state index in [1.807, 2.05) is 30.3 Å². The lowest BCUT2D eigenvalue weighted by Gasteiger charge is -2.05. The van der Waals surface area contributed by atoms with Gasteiger partial charge in [0.1, 0.15) is 11.5 Å². The number of nitro benzene ring substituents is 1. The molecule has 0 saturated heterocycles. The Hall–Kier alpha value is -4.33. The molecule has 3 aromatic carbocycles. The Morgan fingerprint density at radius 3 is 2.43 bits per heavy atom. The van der Waals surface area contributed by atoms with Gasteiger partial charge in [-0.05, 0) is 42.5 Å². The smallest absolute Gasteiger partial charge is 0.271 e. The van der Waals surface area contributed by atoms with Crippen LogP contribution in [0.15, 0.2) is 85.1 Å². The molecule has 7 nitrogen and oxygen atoms in total. The molecule has 1 heterocycles. The average Bonchev–Trinajstić information content (AvgIpc) is 3.21. The summed E-state index contributed by atoms with van der Waals surface area (Å²) in [6, 6.07) is 20.6. The number of halogens is 1. The van der Waals surface area contributed by atoms with E-state index in [9.17, 15) is 19.3 Å². The summed E-state index contributed by atoms with van der Waals surface area (Å²) >= 11 is 0. The quantitative estimate of drug-likeness (QED) is 0.382. The third kappa shape index (κ3) is 3.93. The van der Waals surface area contributed by atoms with Gasteiger partial charge in [-0.3, -0.25) is 14.9 Å². The van der Waals surface area contributed by atoms with Crippen LogP contribution in [0, 0.1) is 15.9 Å². The van der Waals surface area contributed by atoms with Crippen LogP contribution >= 0.6 is 0 Å². The Morgan fingerprint density at radius 1 is 1.00 bits per heavy atom. The standard InChI is InChI=1S/C22H15FN4O3/c23-16-11-9-15(10-12-16)21-20(14-26(25-21)18-6-2-1-3-7-18)22(28)24-17-5-4-8-19(13-17)27(29)30/h1-14H,(H,24,28). The summed E-state index contributed by atoms with van der Waals surface area (Å²) in [6.07, 6.45) is 1.57. The number of aromatic nitrogens is 2. The largest absolute Gasteiger partial charge is 0.322 e. The highest BCUT2D eigenvalue weighted by Gasteiger charge is 2.19. The van der Waals surface area contributed by atoms with Crippen LogP contribution in [0.4, 0.5) is 15.8 Å². The number of hydrogen-bond donors (Lipinski definition) is 1. The lowest BCUT2D eigenvalue weighted by atomic mass is 10.1. The van der Waals surface area contributed by atoms with Crippen LogP contribution in [0.2, 0.25) is 0 Å². The minimum atomic E-state index is -0.535. The van der Waals surface area contributed by atoms with Crippen LogP contribution in [0.3, 0.4) is 0 Å². The predicted octanol–water partition coefficient (Wildman–Crippen LogP) is 4.84.